The van der Waals surface area contributed by atoms with Crippen molar-refractivity contribution < 1.29 is 0 Å². The molecule has 0 heterocycles. The molecule has 1 aliphatic rings. The Balaban J connectivity index is 2.47. The quantitative estimate of drug-likeness (QED) is 0.692. The number of hydrogen-bond acceptors (Lipinski definition) is 1. The van der Waals surface area contributed by atoms with Crippen LogP contribution >= 0.6 is 0 Å². The average molecular weight is 199 g/mol. The first-order valence-corrected chi connectivity index (χ1v) is 5.69. The van der Waals surface area contributed by atoms with Gasteiger partial charge in [0.15, 0.2) is 0 Å². The minimum absolute atomic E-state index is 0.866. The summed E-state index contributed by atoms with van der Waals surface area (Å²) >= 11 is 0. The van der Waals surface area contributed by atoms with Gasteiger partial charge in [0, 0.05) is 12.1 Å². The van der Waals surface area contributed by atoms with Crippen molar-refractivity contribution >= 4 is 5.71 Å². The van der Waals surface area contributed by atoms with Crippen molar-refractivity contribution in [3.05, 3.63) is 47.0 Å². The fraction of sp³-hybridized carbons (Fsp3) is 0.357. The van der Waals surface area contributed by atoms with Crippen LogP contribution in [0.15, 0.2) is 40.9 Å². The van der Waals surface area contributed by atoms with Crippen molar-refractivity contribution in [2.24, 2.45) is 4.99 Å². The van der Waals surface area contributed by atoms with Gasteiger partial charge in [0.2, 0.25) is 0 Å². The van der Waals surface area contributed by atoms with Crippen LogP contribution < -0.4 is 0 Å². The van der Waals surface area contributed by atoms with Crippen molar-refractivity contribution in [2.75, 3.05) is 6.54 Å². The molecular weight excluding hydrogens is 182 g/mol. The van der Waals surface area contributed by atoms with Gasteiger partial charge < -0.3 is 0 Å². The molecule has 0 N–H and O–H groups in total. The van der Waals surface area contributed by atoms with E-state index in [0.29, 0.717) is 0 Å². The Bertz CT molecular complexity index is 413. The van der Waals surface area contributed by atoms with Gasteiger partial charge in [-0.15, -0.1) is 0 Å². The zero-order chi connectivity index (χ0) is 10.7. The number of rotatable bonds is 2. The zero-order valence-corrected chi connectivity index (χ0v) is 9.46. The van der Waals surface area contributed by atoms with Crippen molar-refractivity contribution in [3.8, 4) is 0 Å². The second-order valence-corrected chi connectivity index (χ2v) is 3.79. The van der Waals surface area contributed by atoms with Gasteiger partial charge in [-0.05, 0) is 30.9 Å². The van der Waals surface area contributed by atoms with E-state index in [9.17, 15) is 0 Å². The monoisotopic (exact) mass is 199 g/mol. The van der Waals surface area contributed by atoms with Crippen LogP contribution in [0.5, 0.6) is 0 Å². The summed E-state index contributed by atoms with van der Waals surface area (Å²) in [5.74, 6) is 0. The van der Waals surface area contributed by atoms with Crippen LogP contribution in [-0.2, 0) is 6.42 Å². The molecule has 0 amide bonds. The van der Waals surface area contributed by atoms with Crippen molar-refractivity contribution in [2.45, 2.75) is 26.7 Å². The summed E-state index contributed by atoms with van der Waals surface area (Å²) in [4.78, 5) is 4.61. The zero-order valence-electron chi connectivity index (χ0n) is 9.46. The Morgan fingerprint density at radius 3 is 2.80 bits per heavy atom. The van der Waals surface area contributed by atoms with E-state index < -0.39 is 0 Å². The molecule has 15 heavy (non-hydrogen) atoms. The molecule has 1 heteroatoms. The van der Waals surface area contributed by atoms with E-state index in [1.165, 1.54) is 22.4 Å². The van der Waals surface area contributed by atoms with Gasteiger partial charge in [-0.3, -0.25) is 4.99 Å². The molecule has 0 fully saturated rings. The van der Waals surface area contributed by atoms with E-state index in [0.717, 1.165) is 19.4 Å². The predicted molar refractivity (Wildman–Crippen MR) is 65.6 cm³/mol. The lowest BCUT2D eigenvalue weighted by atomic mass is 10.1. The third-order valence-corrected chi connectivity index (χ3v) is 2.72. The number of benzene rings is 1. The molecule has 0 aromatic heterocycles. The van der Waals surface area contributed by atoms with E-state index in [4.69, 9.17) is 0 Å². The Labute approximate surface area is 91.6 Å². The molecule has 0 spiro atoms. The molecule has 0 saturated heterocycles. The van der Waals surface area contributed by atoms with Gasteiger partial charge in [0.1, 0.15) is 0 Å². The maximum Gasteiger partial charge on any atom is 0.0681 e. The van der Waals surface area contributed by atoms with Crippen molar-refractivity contribution in [1.29, 1.82) is 0 Å². The van der Waals surface area contributed by atoms with Crippen LogP contribution in [0.25, 0.3) is 0 Å². The molecule has 1 aromatic carbocycles. The topological polar surface area (TPSA) is 12.4 Å². The van der Waals surface area contributed by atoms with Crippen molar-refractivity contribution in [1.82, 2.24) is 0 Å². The summed E-state index contributed by atoms with van der Waals surface area (Å²) in [6.45, 7) is 5.14. The van der Waals surface area contributed by atoms with E-state index in [1.54, 1.807) is 0 Å². The van der Waals surface area contributed by atoms with Gasteiger partial charge in [0.05, 0.1) is 5.71 Å². The maximum atomic E-state index is 4.61. The SMILES string of the molecule is CC/C=C1/Cc2ccccc2C1=NCC. The van der Waals surface area contributed by atoms with E-state index in [-0.39, 0.29) is 0 Å². The smallest absolute Gasteiger partial charge is 0.0681 e. The number of nitrogens with zero attached hydrogens (tertiary/aromatic N) is 1. The largest absolute Gasteiger partial charge is 0.285 e. The Morgan fingerprint density at radius 1 is 1.27 bits per heavy atom. The highest BCUT2D eigenvalue weighted by Gasteiger charge is 2.20. The molecule has 0 bridgehead atoms. The summed E-state index contributed by atoms with van der Waals surface area (Å²) in [6.07, 6.45) is 4.45. The lowest BCUT2D eigenvalue weighted by Gasteiger charge is -2.00. The third-order valence-electron chi connectivity index (χ3n) is 2.72. The average Bonchev–Trinajstić information content (AvgIpc) is 2.59. The minimum Gasteiger partial charge on any atom is -0.285 e. The second kappa shape index (κ2) is 4.43. The normalized spacial score (nSPS) is 19.9. The molecule has 0 atom stereocenters. The second-order valence-electron chi connectivity index (χ2n) is 3.79. The summed E-state index contributed by atoms with van der Waals surface area (Å²) in [7, 11) is 0. The fourth-order valence-corrected chi connectivity index (χ4v) is 2.13. The number of aliphatic imine (C=N–C) groups is 1. The Kier molecular flexibility index (Phi) is 3.00. The van der Waals surface area contributed by atoms with Crippen LogP contribution in [0.1, 0.15) is 31.4 Å². The van der Waals surface area contributed by atoms with E-state index in [1.807, 2.05) is 0 Å². The highest BCUT2D eigenvalue weighted by Crippen LogP contribution is 2.27. The van der Waals surface area contributed by atoms with Crippen LogP contribution in [0, 0.1) is 0 Å². The lowest BCUT2D eigenvalue weighted by molar-refractivity contribution is 1.12. The van der Waals surface area contributed by atoms with Crippen LogP contribution in [0.2, 0.25) is 0 Å². The molecule has 0 aliphatic heterocycles. The summed E-state index contributed by atoms with van der Waals surface area (Å²) in [6, 6.07) is 8.59. The van der Waals surface area contributed by atoms with Gasteiger partial charge in [-0.25, -0.2) is 0 Å². The van der Waals surface area contributed by atoms with E-state index in [2.05, 4.69) is 49.2 Å². The first-order valence-electron chi connectivity index (χ1n) is 5.69. The third kappa shape index (κ3) is 1.87. The number of fused-ring (bicyclic) bond motifs is 1. The highest BCUT2D eigenvalue weighted by atomic mass is 14.7. The summed E-state index contributed by atoms with van der Waals surface area (Å²) in [5, 5.41) is 0. The maximum absolute atomic E-state index is 4.61. The fourth-order valence-electron chi connectivity index (χ4n) is 2.13. The van der Waals surface area contributed by atoms with Crippen molar-refractivity contribution in [3.63, 3.8) is 0 Å². The molecule has 1 aliphatic carbocycles. The Hall–Kier alpha value is -1.37. The molecule has 1 aromatic rings. The van der Waals surface area contributed by atoms with Gasteiger partial charge in [-0.2, -0.15) is 0 Å². The molecule has 0 radical (unpaired) electrons. The standard InChI is InChI=1S/C14H17N/c1-3-7-12-10-11-8-5-6-9-13(11)14(12)15-4-2/h5-9H,3-4,10H2,1-2H3/b12-7-,15-14?. The van der Waals surface area contributed by atoms with Gasteiger partial charge in [-0.1, -0.05) is 37.3 Å². The van der Waals surface area contributed by atoms with Crippen LogP contribution in [0.4, 0.5) is 0 Å². The summed E-state index contributed by atoms with van der Waals surface area (Å²) in [5.41, 5.74) is 5.37. The minimum atomic E-state index is 0.866. The number of hydrogen-bond donors (Lipinski definition) is 0. The summed E-state index contributed by atoms with van der Waals surface area (Å²) < 4.78 is 0. The molecule has 2 rings (SSSR count). The van der Waals surface area contributed by atoms with Gasteiger partial charge >= 0.3 is 0 Å². The van der Waals surface area contributed by atoms with Gasteiger partial charge in [0.25, 0.3) is 0 Å². The number of allylic oxidation sites excluding steroid dienone is 2. The van der Waals surface area contributed by atoms with Crippen LogP contribution in [-0.4, -0.2) is 12.3 Å². The molecular formula is C14H17N. The van der Waals surface area contributed by atoms with Crippen LogP contribution in [0.3, 0.4) is 0 Å². The first kappa shape index (κ1) is 10.2. The molecule has 0 unspecified atom stereocenters. The highest BCUT2D eigenvalue weighted by molar-refractivity contribution is 6.16. The molecule has 78 valence electrons. The molecule has 0 saturated carbocycles. The lowest BCUT2D eigenvalue weighted by Crippen LogP contribution is -1.99. The Morgan fingerprint density at radius 2 is 2.07 bits per heavy atom. The predicted octanol–water partition coefficient (Wildman–Crippen LogP) is 3.39. The first-order chi connectivity index (χ1) is 7.36. The van der Waals surface area contributed by atoms with E-state index >= 15 is 0 Å². The molecule has 1 nitrogen and oxygen atoms in total.